The Morgan fingerprint density at radius 1 is 0.875 bits per heavy atom. The van der Waals surface area contributed by atoms with E-state index in [-0.39, 0.29) is 13.2 Å². The lowest BCUT2D eigenvalue weighted by molar-refractivity contribution is -0.139. The third-order valence-corrected chi connectivity index (χ3v) is 1.47. The summed E-state index contributed by atoms with van der Waals surface area (Å²) in [5.41, 5.74) is 0. The van der Waals surface area contributed by atoms with Crippen molar-refractivity contribution in [3.63, 3.8) is 0 Å². The molecule has 0 aromatic heterocycles. The number of hydrogen-bond donors (Lipinski definition) is 0. The van der Waals surface area contributed by atoms with Crippen LogP contribution in [-0.2, 0) is 19.1 Å². The van der Waals surface area contributed by atoms with Gasteiger partial charge >= 0.3 is 11.9 Å². The number of carbonyl (C=O) groups excluding carboxylic acids is 2. The van der Waals surface area contributed by atoms with Crippen molar-refractivity contribution < 1.29 is 19.1 Å². The molecular formula is C12H16O4. The van der Waals surface area contributed by atoms with Gasteiger partial charge in [-0.15, -0.1) is 0 Å². The molecule has 0 aromatic carbocycles. The zero-order valence-corrected chi connectivity index (χ0v) is 9.51. The fourth-order valence-electron chi connectivity index (χ4n) is 0.685. The first kappa shape index (κ1) is 14.2. The Hall–Kier alpha value is -1.84. The van der Waals surface area contributed by atoms with Crippen LogP contribution in [0.5, 0.6) is 0 Å². The summed E-state index contributed by atoms with van der Waals surface area (Å²) < 4.78 is 9.45. The molecule has 4 nitrogen and oxygen atoms in total. The SMILES string of the molecule is CC=CCOC(=O)/C=C\C(=O)OCC=CC. The highest BCUT2D eigenvalue weighted by molar-refractivity contribution is 5.91. The van der Waals surface area contributed by atoms with E-state index in [0.29, 0.717) is 0 Å². The van der Waals surface area contributed by atoms with Gasteiger partial charge in [0.15, 0.2) is 0 Å². The summed E-state index contributed by atoms with van der Waals surface area (Å²) in [7, 11) is 0. The third kappa shape index (κ3) is 8.74. The quantitative estimate of drug-likeness (QED) is 0.392. The second-order valence-electron chi connectivity index (χ2n) is 2.73. The number of carbonyl (C=O) groups is 2. The first-order valence-corrected chi connectivity index (χ1v) is 4.94. The molecule has 0 saturated carbocycles. The van der Waals surface area contributed by atoms with Crippen molar-refractivity contribution in [3.05, 3.63) is 36.5 Å². The van der Waals surface area contributed by atoms with Crippen LogP contribution in [0.15, 0.2) is 36.5 Å². The molecule has 0 unspecified atom stereocenters. The Balaban J connectivity index is 3.79. The summed E-state index contributed by atoms with van der Waals surface area (Å²) in [4.78, 5) is 22.0. The van der Waals surface area contributed by atoms with E-state index in [4.69, 9.17) is 9.47 Å². The molecule has 0 bridgehead atoms. The van der Waals surface area contributed by atoms with Gasteiger partial charge in [-0.25, -0.2) is 9.59 Å². The van der Waals surface area contributed by atoms with E-state index in [9.17, 15) is 9.59 Å². The predicted molar refractivity (Wildman–Crippen MR) is 60.7 cm³/mol. The molecule has 0 atom stereocenters. The van der Waals surface area contributed by atoms with Crippen LogP contribution in [-0.4, -0.2) is 25.2 Å². The second kappa shape index (κ2) is 9.71. The maximum absolute atomic E-state index is 11.0. The van der Waals surface area contributed by atoms with Gasteiger partial charge in [0.2, 0.25) is 0 Å². The highest BCUT2D eigenvalue weighted by atomic mass is 16.5. The molecule has 0 rings (SSSR count). The molecule has 0 N–H and O–H groups in total. The molecule has 0 aliphatic carbocycles. The predicted octanol–water partition coefficient (Wildman–Crippen LogP) is 1.78. The van der Waals surface area contributed by atoms with Crippen molar-refractivity contribution >= 4 is 11.9 Å². The molecule has 0 spiro atoms. The van der Waals surface area contributed by atoms with Gasteiger partial charge in [-0.2, -0.15) is 0 Å². The van der Waals surface area contributed by atoms with E-state index in [1.165, 1.54) is 0 Å². The largest absolute Gasteiger partial charge is 0.458 e. The van der Waals surface area contributed by atoms with Crippen LogP contribution >= 0.6 is 0 Å². The summed E-state index contributed by atoms with van der Waals surface area (Å²) in [6, 6.07) is 0. The van der Waals surface area contributed by atoms with Gasteiger partial charge in [-0.1, -0.05) is 24.3 Å². The third-order valence-electron chi connectivity index (χ3n) is 1.47. The molecule has 4 heteroatoms. The second-order valence-corrected chi connectivity index (χ2v) is 2.73. The fourth-order valence-corrected chi connectivity index (χ4v) is 0.685. The van der Waals surface area contributed by atoms with Crippen LogP contribution in [0.2, 0.25) is 0 Å². The van der Waals surface area contributed by atoms with Crippen molar-refractivity contribution in [1.82, 2.24) is 0 Å². The van der Waals surface area contributed by atoms with Crippen molar-refractivity contribution in [2.45, 2.75) is 13.8 Å². The molecular weight excluding hydrogens is 208 g/mol. The lowest BCUT2D eigenvalue weighted by Gasteiger charge is -1.97. The van der Waals surface area contributed by atoms with E-state index >= 15 is 0 Å². The molecule has 0 radical (unpaired) electrons. The highest BCUT2D eigenvalue weighted by Gasteiger charge is 1.98. The Labute approximate surface area is 95.2 Å². The molecule has 0 aromatic rings. The molecule has 0 amide bonds. The topological polar surface area (TPSA) is 52.6 Å². The lowest BCUT2D eigenvalue weighted by Crippen LogP contribution is -2.04. The number of rotatable bonds is 6. The van der Waals surface area contributed by atoms with E-state index in [1.54, 1.807) is 24.3 Å². The Bertz CT molecular complexity index is 270. The normalized spacial score (nSPS) is 11.4. The van der Waals surface area contributed by atoms with Gasteiger partial charge in [0.05, 0.1) is 0 Å². The minimum atomic E-state index is -0.568. The molecule has 0 fully saturated rings. The van der Waals surface area contributed by atoms with E-state index in [2.05, 4.69) is 0 Å². The number of ether oxygens (including phenoxy) is 2. The van der Waals surface area contributed by atoms with Crippen molar-refractivity contribution in [2.75, 3.05) is 13.2 Å². The standard InChI is InChI=1S/C12H16O4/c1-3-5-9-15-11(13)7-8-12(14)16-10-6-4-2/h3-8H,9-10H2,1-2H3/b5-3?,6-4?,8-7-. The zero-order valence-electron chi connectivity index (χ0n) is 9.51. The summed E-state index contributed by atoms with van der Waals surface area (Å²) in [6.07, 6.45) is 9.00. The molecule has 16 heavy (non-hydrogen) atoms. The van der Waals surface area contributed by atoms with E-state index < -0.39 is 11.9 Å². The average Bonchev–Trinajstić information content (AvgIpc) is 2.27. The summed E-state index contributed by atoms with van der Waals surface area (Å²) in [5.74, 6) is -1.14. The van der Waals surface area contributed by atoms with Gasteiger partial charge in [0, 0.05) is 12.2 Å². The van der Waals surface area contributed by atoms with Crippen LogP contribution < -0.4 is 0 Å². The van der Waals surface area contributed by atoms with Gasteiger partial charge in [-0.3, -0.25) is 0 Å². The monoisotopic (exact) mass is 224 g/mol. The van der Waals surface area contributed by atoms with E-state index in [0.717, 1.165) is 12.2 Å². The Kier molecular flexibility index (Phi) is 8.59. The Morgan fingerprint density at radius 2 is 1.25 bits per heavy atom. The van der Waals surface area contributed by atoms with Crippen LogP contribution in [0.3, 0.4) is 0 Å². The van der Waals surface area contributed by atoms with Crippen LogP contribution in [0.1, 0.15) is 13.8 Å². The first-order valence-electron chi connectivity index (χ1n) is 4.94. The molecule has 88 valence electrons. The number of hydrogen-bond acceptors (Lipinski definition) is 4. The molecule has 0 heterocycles. The summed E-state index contributed by atoms with van der Waals surface area (Å²) in [6.45, 7) is 4.05. The van der Waals surface area contributed by atoms with Gasteiger partial charge < -0.3 is 9.47 Å². The lowest BCUT2D eigenvalue weighted by atomic mass is 10.5. The van der Waals surface area contributed by atoms with E-state index in [1.807, 2.05) is 13.8 Å². The van der Waals surface area contributed by atoms with Crippen LogP contribution in [0.4, 0.5) is 0 Å². The van der Waals surface area contributed by atoms with Crippen molar-refractivity contribution in [3.8, 4) is 0 Å². The average molecular weight is 224 g/mol. The van der Waals surface area contributed by atoms with Gasteiger partial charge in [0.1, 0.15) is 13.2 Å². The van der Waals surface area contributed by atoms with Crippen molar-refractivity contribution in [1.29, 1.82) is 0 Å². The van der Waals surface area contributed by atoms with Gasteiger partial charge in [-0.05, 0) is 13.8 Å². The molecule has 0 aliphatic rings. The maximum atomic E-state index is 11.0. The smallest absolute Gasteiger partial charge is 0.331 e. The zero-order chi connectivity index (χ0) is 12.2. The molecule has 0 aliphatic heterocycles. The fraction of sp³-hybridized carbons (Fsp3) is 0.333. The van der Waals surface area contributed by atoms with Crippen molar-refractivity contribution in [2.24, 2.45) is 0 Å². The minimum Gasteiger partial charge on any atom is -0.458 e. The number of esters is 2. The highest BCUT2D eigenvalue weighted by Crippen LogP contribution is 1.87. The minimum absolute atomic E-state index is 0.202. The van der Waals surface area contributed by atoms with Crippen LogP contribution in [0, 0.1) is 0 Å². The van der Waals surface area contributed by atoms with Gasteiger partial charge in [0.25, 0.3) is 0 Å². The summed E-state index contributed by atoms with van der Waals surface area (Å²) in [5, 5.41) is 0. The number of allylic oxidation sites excluding steroid dienone is 2. The Morgan fingerprint density at radius 3 is 1.56 bits per heavy atom. The maximum Gasteiger partial charge on any atom is 0.331 e. The van der Waals surface area contributed by atoms with Crippen LogP contribution in [0.25, 0.3) is 0 Å². The summed E-state index contributed by atoms with van der Waals surface area (Å²) >= 11 is 0. The molecule has 0 saturated heterocycles. The first-order chi connectivity index (χ1) is 7.70.